The summed E-state index contributed by atoms with van der Waals surface area (Å²) in [5, 5.41) is 14.6. The second-order valence-corrected chi connectivity index (χ2v) is 3.87. The summed E-state index contributed by atoms with van der Waals surface area (Å²) in [5.41, 5.74) is 2.07. The van der Waals surface area contributed by atoms with Crippen molar-refractivity contribution in [3.8, 4) is 0 Å². The van der Waals surface area contributed by atoms with Crippen LogP contribution in [0.15, 0.2) is 11.1 Å². The Hall–Kier alpha value is -0.870. The molecule has 1 saturated heterocycles. The number of aliphatic hydroxyl groups is 1. The number of carbonyl (C=O) groups excluding carboxylic acids is 1. The largest absolute Gasteiger partial charge is 0.396 e. The van der Waals surface area contributed by atoms with Crippen LogP contribution in [0.4, 0.5) is 0 Å². The zero-order valence-electron chi connectivity index (χ0n) is 9.31. The van der Waals surface area contributed by atoms with Crippen LogP contribution in [-0.2, 0) is 4.79 Å². The van der Waals surface area contributed by atoms with Gasteiger partial charge in [0.15, 0.2) is 0 Å². The van der Waals surface area contributed by atoms with Crippen molar-refractivity contribution in [2.45, 2.75) is 26.2 Å². The molecule has 0 radical (unpaired) electrons. The Balaban J connectivity index is 2.13. The highest BCUT2D eigenvalue weighted by Gasteiger charge is 2.15. The van der Waals surface area contributed by atoms with Gasteiger partial charge in [0.05, 0.1) is 0 Å². The Kier molecular flexibility index (Phi) is 5.36. The third kappa shape index (κ3) is 4.01. The minimum Gasteiger partial charge on any atom is -0.396 e. The number of rotatable bonds is 6. The van der Waals surface area contributed by atoms with Crippen molar-refractivity contribution in [2.75, 3.05) is 26.2 Å². The van der Waals surface area contributed by atoms with Crippen LogP contribution in [0.1, 0.15) is 26.2 Å². The van der Waals surface area contributed by atoms with Crippen molar-refractivity contribution >= 4 is 5.91 Å². The van der Waals surface area contributed by atoms with Gasteiger partial charge in [-0.15, -0.1) is 0 Å². The number of unbranched alkanes of at least 4 members (excludes halogenated alkanes) is 2. The third-order valence-corrected chi connectivity index (χ3v) is 2.67. The van der Waals surface area contributed by atoms with Gasteiger partial charge in [-0.05, 0) is 31.8 Å². The minimum absolute atomic E-state index is 0.0514. The van der Waals surface area contributed by atoms with E-state index in [1.165, 1.54) is 5.57 Å². The van der Waals surface area contributed by atoms with E-state index in [4.69, 9.17) is 5.11 Å². The molecule has 0 unspecified atom stereocenters. The summed E-state index contributed by atoms with van der Waals surface area (Å²) >= 11 is 0. The summed E-state index contributed by atoms with van der Waals surface area (Å²) in [4.78, 5) is 11.6. The molecular formula is C11H20N2O2. The molecule has 0 aromatic heterocycles. The van der Waals surface area contributed by atoms with Crippen molar-refractivity contribution in [2.24, 2.45) is 0 Å². The summed E-state index contributed by atoms with van der Waals surface area (Å²) in [6, 6.07) is 0. The average molecular weight is 212 g/mol. The predicted molar refractivity (Wildman–Crippen MR) is 59.5 cm³/mol. The molecule has 1 amide bonds. The number of hydrogen-bond acceptors (Lipinski definition) is 3. The van der Waals surface area contributed by atoms with Crippen LogP contribution in [0.2, 0.25) is 0 Å². The van der Waals surface area contributed by atoms with Crippen LogP contribution in [0, 0.1) is 0 Å². The van der Waals surface area contributed by atoms with Crippen molar-refractivity contribution in [1.82, 2.24) is 10.6 Å². The Morgan fingerprint density at radius 2 is 2.13 bits per heavy atom. The monoisotopic (exact) mass is 212 g/mol. The maximum Gasteiger partial charge on any atom is 0.246 e. The normalized spacial score (nSPS) is 14.7. The minimum atomic E-state index is 0.0514. The Labute approximate surface area is 90.7 Å². The van der Waals surface area contributed by atoms with Gasteiger partial charge in [0, 0.05) is 31.8 Å². The summed E-state index contributed by atoms with van der Waals surface area (Å²) in [7, 11) is 0. The highest BCUT2D eigenvalue weighted by Crippen LogP contribution is 2.08. The molecule has 0 bridgehead atoms. The van der Waals surface area contributed by atoms with Gasteiger partial charge in [-0.2, -0.15) is 0 Å². The molecular weight excluding hydrogens is 192 g/mol. The van der Waals surface area contributed by atoms with E-state index in [-0.39, 0.29) is 12.5 Å². The molecule has 0 spiro atoms. The second kappa shape index (κ2) is 6.58. The third-order valence-electron chi connectivity index (χ3n) is 2.67. The molecule has 1 fully saturated rings. The van der Waals surface area contributed by atoms with Gasteiger partial charge in [0.25, 0.3) is 0 Å². The Bertz CT molecular complexity index is 243. The van der Waals surface area contributed by atoms with Crippen molar-refractivity contribution in [3.05, 3.63) is 11.1 Å². The first kappa shape index (κ1) is 12.2. The van der Waals surface area contributed by atoms with E-state index in [0.717, 1.165) is 37.9 Å². The van der Waals surface area contributed by atoms with Crippen LogP contribution in [0.5, 0.6) is 0 Å². The number of aliphatic hydroxyl groups excluding tert-OH is 1. The summed E-state index contributed by atoms with van der Waals surface area (Å²) in [6.07, 6.45) is 2.72. The molecule has 0 aliphatic carbocycles. The van der Waals surface area contributed by atoms with Crippen LogP contribution >= 0.6 is 0 Å². The lowest BCUT2D eigenvalue weighted by molar-refractivity contribution is -0.117. The fraction of sp³-hybridized carbons (Fsp3) is 0.727. The maximum absolute atomic E-state index is 11.6. The summed E-state index contributed by atoms with van der Waals surface area (Å²) < 4.78 is 0. The van der Waals surface area contributed by atoms with Gasteiger partial charge in [0.2, 0.25) is 5.91 Å². The smallest absolute Gasteiger partial charge is 0.246 e. The quantitative estimate of drug-likeness (QED) is 0.435. The number of carbonyl (C=O) groups is 1. The predicted octanol–water partition coefficient (Wildman–Crippen LogP) is 0.185. The zero-order valence-corrected chi connectivity index (χ0v) is 9.31. The molecule has 4 nitrogen and oxygen atoms in total. The van der Waals surface area contributed by atoms with Gasteiger partial charge >= 0.3 is 0 Å². The molecule has 1 heterocycles. The van der Waals surface area contributed by atoms with E-state index >= 15 is 0 Å². The fourth-order valence-corrected chi connectivity index (χ4v) is 1.42. The van der Waals surface area contributed by atoms with Gasteiger partial charge in [-0.25, -0.2) is 0 Å². The number of nitrogens with one attached hydrogen (secondary N) is 2. The van der Waals surface area contributed by atoms with E-state index in [1.807, 2.05) is 6.92 Å². The highest BCUT2D eigenvalue weighted by molar-refractivity contribution is 5.93. The van der Waals surface area contributed by atoms with E-state index < -0.39 is 0 Å². The SMILES string of the molecule is CC(C(=O)NCCCCCO)=C1CNC1. The molecule has 15 heavy (non-hydrogen) atoms. The lowest BCUT2D eigenvalue weighted by Gasteiger charge is -2.21. The Morgan fingerprint density at radius 1 is 1.40 bits per heavy atom. The molecule has 1 aliphatic heterocycles. The maximum atomic E-state index is 11.6. The topological polar surface area (TPSA) is 61.4 Å². The van der Waals surface area contributed by atoms with Crippen LogP contribution in [0.3, 0.4) is 0 Å². The molecule has 1 rings (SSSR count). The van der Waals surface area contributed by atoms with Gasteiger partial charge < -0.3 is 15.7 Å². The molecule has 86 valence electrons. The number of hydrogen-bond donors (Lipinski definition) is 3. The van der Waals surface area contributed by atoms with Gasteiger partial charge in [0.1, 0.15) is 0 Å². The average Bonchev–Trinajstić information content (AvgIpc) is 2.14. The standard InChI is InChI=1S/C11H20N2O2/c1-9(10-7-12-8-10)11(15)13-5-3-2-4-6-14/h12,14H,2-8H2,1H3,(H,13,15). The van der Waals surface area contributed by atoms with E-state index in [9.17, 15) is 4.79 Å². The number of amides is 1. The summed E-state index contributed by atoms with van der Waals surface area (Å²) in [5.74, 6) is 0.0514. The van der Waals surface area contributed by atoms with Crippen LogP contribution < -0.4 is 10.6 Å². The van der Waals surface area contributed by atoms with E-state index in [1.54, 1.807) is 0 Å². The highest BCUT2D eigenvalue weighted by atomic mass is 16.2. The van der Waals surface area contributed by atoms with Crippen LogP contribution in [0.25, 0.3) is 0 Å². The first-order valence-electron chi connectivity index (χ1n) is 5.54. The summed E-state index contributed by atoms with van der Waals surface area (Å²) in [6.45, 7) is 4.52. The molecule has 0 aromatic carbocycles. The van der Waals surface area contributed by atoms with Crippen LogP contribution in [-0.4, -0.2) is 37.3 Å². The lowest BCUT2D eigenvalue weighted by Crippen LogP contribution is -2.37. The van der Waals surface area contributed by atoms with Crippen molar-refractivity contribution in [3.63, 3.8) is 0 Å². The first-order valence-corrected chi connectivity index (χ1v) is 5.54. The molecule has 1 aliphatic rings. The first-order chi connectivity index (χ1) is 7.25. The molecule has 0 atom stereocenters. The molecule has 3 N–H and O–H groups in total. The lowest BCUT2D eigenvalue weighted by atomic mass is 10.0. The van der Waals surface area contributed by atoms with Crippen molar-refractivity contribution < 1.29 is 9.90 Å². The van der Waals surface area contributed by atoms with Gasteiger partial charge in [-0.3, -0.25) is 4.79 Å². The van der Waals surface area contributed by atoms with Gasteiger partial charge in [-0.1, -0.05) is 0 Å². The van der Waals surface area contributed by atoms with E-state index in [2.05, 4.69) is 10.6 Å². The molecule has 0 saturated carbocycles. The zero-order chi connectivity index (χ0) is 11.1. The molecule has 4 heteroatoms. The van der Waals surface area contributed by atoms with E-state index in [0.29, 0.717) is 6.54 Å². The second-order valence-electron chi connectivity index (χ2n) is 3.87. The fourth-order valence-electron chi connectivity index (χ4n) is 1.42. The van der Waals surface area contributed by atoms with Crippen molar-refractivity contribution in [1.29, 1.82) is 0 Å². The Morgan fingerprint density at radius 3 is 2.67 bits per heavy atom. The molecule has 0 aromatic rings.